The average Bonchev–Trinajstić information content (AvgIpc) is 2.67. The molecular weight excluding hydrogens is 379 g/mol. The first-order valence-corrected chi connectivity index (χ1v) is 11.6. The highest BCUT2D eigenvalue weighted by Crippen LogP contribution is 2.66. The SMILES string of the molecule is CC(C)(C)P(=NC(=S)Nc1ccccc1)(N1CCOCC1)N1CCOCC1. The monoisotopic (exact) mass is 410 g/mol. The van der Waals surface area contributed by atoms with Gasteiger partial charge in [-0.15, -0.1) is 0 Å². The van der Waals surface area contributed by atoms with Crippen molar-refractivity contribution in [1.82, 2.24) is 9.34 Å². The number of benzene rings is 1. The minimum Gasteiger partial charge on any atom is -0.379 e. The second-order valence-electron chi connectivity index (χ2n) is 7.77. The van der Waals surface area contributed by atoms with Crippen molar-refractivity contribution in [2.75, 3.05) is 57.9 Å². The Morgan fingerprint density at radius 1 is 0.963 bits per heavy atom. The lowest BCUT2D eigenvalue weighted by molar-refractivity contribution is 0.0551. The topological polar surface area (TPSA) is 49.3 Å². The van der Waals surface area contributed by atoms with E-state index in [1.165, 1.54) is 0 Å². The summed E-state index contributed by atoms with van der Waals surface area (Å²) in [6.45, 7) is 13.4. The van der Waals surface area contributed by atoms with E-state index in [1.807, 2.05) is 30.3 Å². The Bertz CT molecular complexity index is 659. The molecule has 0 saturated carbocycles. The van der Waals surface area contributed by atoms with Crippen LogP contribution in [0.2, 0.25) is 0 Å². The van der Waals surface area contributed by atoms with Crippen LogP contribution in [-0.2, 0) is 9.47 Å². The predicted molar refractivity (Wildman–Crippen MR) is 117 cm³/mol. The smallest absolute Gasteiger partial charge is 0.198 e. The molecule has 0 atom stereocenters. The molecule has 0 aromatic heterocycles. The van der Waals surface area contributed by atoms with E-state index in [0.717, 1.165) is 58.3 Å². The molecule has 1 N–H and O–H groups in total. The Kier molecular flexibility index (Phi) is 7.06. The molecule has 0 spiro atoms. The molecule has 1 aromatic carbocycles. The quantitative estimate of drug-likeness (QED) is 0.603. The Morgan fingerprint density at radius 3 is 1.89 bits per heavy atom. The molecule has 2 aliphatic heterocycles. The summed E-state index contributed by atoms with van der Waals surface area (Å²) in [4.78, 5) is 0. The van der Waals surface area contributed by atoms with Crippen LogP contribution >= 0.6 is 19.6 Å². The zero-order valence-electron chi connectivity index (χ0n) is 16.6. The number of hydrogen-bond donors (Lipinski definition) is 1. The third kappa shape index (κ3) is 4.78. The molecule has 0 unspecified atom stereocenters. The van der Waals surface area contributed by atoms with Crippen LogP contribution in [0.4, 0.5) is 5.69 Å². The van der Waals surface area contributed by atoms with Crippen LogP contribution in [0.15, 0.2) is 35.1 Å². The first kappa shape index (κ1) is 20.9. The molecule has 8 heteroatoms. The van der Waals surface area contributed by atoms with E-state index in [1.54, 1.807) is 0 Å². The van der Waals surface area contributed by atoms with Crippen LogP contribution < -0.4 is 5.32 Å². The summed E-state index contributed by atoms with van der Waals surface area (Å²) in [6.07, 6.45) is 0. The van der Waals surface area contributed by atoms with Gasteiger partial charge in [0, 0.05) is 37.0 Å². The molecule has 3 rings (SSSR count). The molecule has 1 aromatic rings. The molecule has 6 nitrogen and oxygen atoms in total. The van der Waals surface area contributed by atoms with Gasteiger partial charge in [-0.2, -0.15) is 0 Å². The van der Waals surface area contributed by atoms with Gasteiger partial charge in [0.25, 0.3) is 0 Å². The summed E-state index contributed by atoms with van der Waals surface area (Å²) < 4.78 is 21.7. The lowest BCUT2D eigenvalue weighted by Gasteiger charge is -2.52. The molecule has 0 amide bonds. The van der Waals surface area contributed by atoms with E-state index < -0.39 is 7.36 Å². The number of hydrogen-bond acceptors (Lipinski definition) is 3. The molecule has 2 aliphatic rings. The summed E-state index contributed by atoms with van der Waals surface area (Å²) in [5.41, 5.74) is 0.974. The summed E-state index contributed by atoms with van der Waals surface area (Å²) in [6, 6.07) is 10.0. The van der Waals surface area contributed by atoms with Crippen LogP contribution in [-0.4, -0.2) is 72.2 Å². The van der Waals surface area contributed by atoms with E-state index in [2.05, 4.69) is 35.4 Å². The Morgan fingerprint density at radius 2 is 1.44 bits per heavy atom. The second kappa shape index (κ2) is 9.12. The van der Waals surface area contributed by atoms with E-state index in [9.17, 15) is 0 Å². The highest BCUT2D eigenvalue weighted by Gasteiger charge is 2.45. The molecule has 2 saturated heterocycles. The Labute approximate surface area is 168 Å². The number of morpholine rings is 2. The van der Waals surface area contributed by atoms with Gasteiger partial charge in [-0.05, 0) is 24.4 Å². The zero-order valence-corrected chi connectivity index (χ0v) is 18.3. The van der Waals surface area contributed by atoms with Crippen molar-refractivity contribution in [2.24, 2.45) is 4.74 Å². The van der Waals surface area contributed by atoms with Gasteiger partial charge in [0.15, 0.2) is 5.11 Å². The standard InChI is InChI=1S/C19H31N4O2PS/c1-19(2,3)26(22-9-13-24-14-10-22,23-11-15-25-16-12-23)21-18(27)20-17-7-5-4-6-8-17/h4-8H,9-16H2,1-3H3,(H,20,27). The van der Waals surface area contributed by atoms with Crippen LogP contribution in [0.1, 0.15) is 20.8 Å². The Balaban J connectivity index is 2.01. The summed E-state index contributed by atoms with van der Waals surface area (Å²) in [5.74, 6) is 0. The zero-order chi connectivity index (χ0) is 19.3. The number of rotatable bonds is 3. The lowest BCUT2D eigenvalue weighted by Crippen LogP contribution is -2.48. The van der Waals surface area contributed by atoms with Crippen molar-refractivity contribution in [3.8, 4) is 0 Å². The number of anilines is 1. The maximum Gasteiger partial charge on any atom is 0.198 e. The number of ether oxygens (including phenoxy) is 2. The fourth-order valence-electron chi connectivity index (χ4n) is 3.77. The van der Waals surface area contributed by atoms with Gasteiger partial charge < -0.3 is 14.8 Å². The molecule has 27 heavy (non-hydrogen) atoms. The Hall–Kier alpha value is -0.820. The number of para-hydroxylation sites is 1. The fourth-order valence-corrected chi connectivity index (χ4v) is 8.58. The summed E-state index contributed by atoms with van der Waals surface area (Å²) in [5, 5.41) is 3.84. The van der Waals surface area contributed by atoms with Crippen molar-refractivity contribution in [3.05, 3.63) is 30.3 Å². The molecular formula is C19H31N4O2PS. The molecule has 0 aliphatic carbocycles. The summed E-state index contributed by atoms with van der Waals surface area (Å²) in [7, 11) is -2.10. The third-order valence-electron chi connectivity index (χ3n) is 4.92. The van der Waals surface area contributed by atoms with Crippen LogP contribution in [0.3, 0.4) is 0 Å². The van der Waals surface area contributed by atoms with Gasteiger partial charge in [0.2, 0.25) is 0 Å². The minimum atomic E-state index is -2.10. The first-order chi connectivity index (χ1) is 12.9. The first-order valence-electron chi connectivity index (χ1n) is 9.58. The molecule has 150 valence electrons. The van der Waals surface area contributed by atoms with Crippen molar-refractivity contribution >= 4 is 30.4 Å². The van der Waals surface area contributed by atoms with Crippen LogP contribution in [0.25, 0.3) is 0 Å². The van der Waals surface area contributed by atoms with Gasteiger partial charge in [0.05, 0.1) is 26.4 Å². The maximum absolute atomic E-state index is 5.73. The molecule has 2 heterocycles. The number of nitrogens with zero attached hydrogens (tertiary/aromatic N) is 3. The van der Waals surface area contributed by atoms with Crippen molar-refractivity contribution in [1.29, 1.82) is 0 Å². The normalized spacial score (nSPS) is 20.3. The van der Waals surface area contributed by atoms with Gasteiger partial charge in [-0.25, -0.2) is 4.74 Å². The van der Waals surface area contributed by atoms with E-state index in [0.29, 0.717) is 5.11 Å². The fraction of sp³-hybridized carbons (Fsp3) is 0.632. The van der Waals surface area contributed by atoms with Gasteiger partial charge in [0.1, 0.15) is 7.36 Å². The van der Waals surface area contributed by atoms with Gasteiger partial charge in [-0.1, -0.05) is 39.0 Å². The van der Waals surface area contributed by atoms with E-state index in [4.69, 9.17) is 26.4 Å². The van der Waals surface area contributed by atoms with Crippen molar-refractivity contribution in [2.45, 2.75) is 25.9 Å². The largest absolute Gasteiger partial charge is 0.379 e. The number of thiocarbonyl (C=S) groups is 1. The van der Waals surface area contributed by atoms with E-state index in [-0.39, 0.29) is 5.16 Å². The van der Waals surface area contributed by atoms with Gasteiger partial charge >= 0.3 is 0 Å². The van der Waals surface area contributed by atoms with Gasteiger partial charge in [-0.3, -0.25) is 9.34 Å². The van der Waals surface area contributed by atoms with Crippen molar-refractivity contribution in [3.63, 3.8) is 0 Å². The second-order valence-corrected chi connectivity index (χ2v) is 12.0. The predicted octanol–water partition coefficient (Wildman–Crippen LogP) is 3.88. The number of nitrogens with one attached hydrogen (secondary N) is 1. The van der Waals surface area contributed by atoms with Crippen LogP contribution in [0.5, 0.6) is 0 Å². The summed E-state index contributed by atoms with van der Waals surface area (Å²) >= 11 is 5.73. The van der Waals surface area contributed by atoms with Crippen LogP contribution in [0, 0.1) is 0 Å². The molecule has 0 bridgehead atoms. The van der Waals surface area contributed by atoms with Crippen molar-refractivity contribution < 1.29 is 9.47 Å². The molecule has 0 radical (unpaired) electrons. The highest BCUT2D eigenvalue weighted by molar-refractivity contribution is 7.81. The van der Waals surface area contributed by atoms with E-state index >= 15 is 0 Å². The third-order valence-corrected chi connectivity index (χ3v) is 9.90. The minimum absolute atomic E-state index is 0.0376. The lowest BCUT2D eigenvalue weighted by atomic mass is 10.3. The average molecular weight is 411 g/mol. The highest BCUT2D eigenvalue weighted by atomic mass is 32.1. The maximum atomic E-state index is 5.73. The molecule has 2 fully saturated rings.